The van der Waals surface area contributed by atoms with Gasteiger partial charge in [-0.3, -0.25) is 4.79 Å². The van der Waals surface area contributed by atoms with Crippen molar-refractivity contribution in [3.63, 3.8) is 0 Å². The SMILES string of the molecule is C=C(CCn1cnc2cnc3[nH]ccc3c21)NC(=O)CCC. The Kier molecular flexibility index (Phi) is 3.91. The molecular weight excluding hydrogens is 278 g/mol. The van der Waals surface area contributed by atoms with Crippen LogP contribution >= 0.6 is 0 Å². The lowest BCUT2D eigenvalue weighted by molar-refractivity contribution is -0.120. The van der Waals surface area contributed by atoms with Crippen molar-refractivity contribution >= 4 is 28.0 Å². The van der Waals surface area contributed by atoms with Crippen LogP contribution < -0.4 is 5.32 Å². The number of carbonyl (C=O) groups excluding carboxylic acids is 1. The summed E-state index contributed by atoms with van der Waals surface area (Å²) in [6, 6.07) is 2.00. The molecule has 3 rings (SSSR count). The van der Waals surface area contributed by atoms with E-state index in [-0.39, 0.29) is 5.91 Å². The van der Waals surface area contributed by atoms with Crippen LogP contribution in [0, 0.1) is 0 Å². The van der Waals surface area contributed by atoms with Crippen LogP contribution in [0.1, 0.15) is 26.2 Å². The van der Waals surface area contributed by atoms with Gasteiger partial charge in [-0.2, -0.15) is 0 Å². The molecule has 3 heterocycles. The fraction of sp³-hybridized carbons (Fsp3) is 0.312. The number of nitrogens with zero attached hydrogens (tertiary/aromatic N) is 3. The molecule has 0 atom stereocenters. The molecule has 22 heavy (non-hydrogen) atoms. The Morgan fingerprint density at radius 2 is 2.27 bits per heavy atom. The number of aryl methyl sites for hydroxylation is 1. The molecule has 114 valence electrons. The number of amides is 1. The highest BCUT2D eigenvalue weighted by molar-refractivity contribution is 6.00. The third-order valence-electron chi connectivity index (χ3n) is 3.61. The smallest absolute Gasteiger partial charge is 0.224 e. The van der Waals surface area contributed by atoms with Gasteiger partial charge in [0.05, 0.1) is 18.0 Å². The molecule has 3 aromatic heterocycles. The van der Waals surface area contributed by atoms with Crippen LogP contribution in [0.2, 0.25) is 0 Å². The molecule has 6 nitrogen and oxygen atoms in total. The summed E-state index contributed by atoms with van der Waals surface area (Å²) in [7, 11) is 0. The molecule has 2 N–H and O–H groups in total. The fourth-order valence-electron chi connectivity index (χ4n) is 2.54. The van der Waals surface area contributed by atoms with Crippen molar-refractivity contribution in [1.29, 1.82) is 0 Å². The second-order valence-corrected chi connectivity index (χ2v) is 5.32. The number of aromatic amines is 1. The molecule has 3 aromatic rings. The number of fused-ring (bicyclic) bond motifs is 3. The second kappa shape index (κ2) is 6.01. The summed E-state index contributed by atoms with van der Waals surface area (Å²) in [6.07, 6.45) is 7.49. The molecule has 1 amide bonds. The molecular formula is C16H19N5O. The van der Waals surface area contributed by atoms with E-state index in [2.05, 4.69) is 31.4 Å². The Morgan fingerprint density at radius 3 is 3.09 bits per heavy atom. The van der Waals surface area contributed by atoms with Crippen LogP contribution in [0.15, 0.2) is 37.1 Å². The van der Waals surface area contributed by atoms with Crippen LogP contribution in [0.4, 0.5) is 0 Å². The van der Waals surface area contributed by atoms with Crippen molar-refractivity contribution in [1.82, 2.24) is 24.8 Å². The predicted octanol–water partition coefficient (Wildman–Crippen LogP) is 2.73. The number of allylic oxidation sites excluding steroid dienone is 1. The number of H-pyrrole nitrogens is 1. The number of pyridine rings is 1. The van der Waals surface area contributed by atoms with Crippen molar-refractivity contribution in [3.8, 4) is 0 Å². The van der Waals surface area contributed by atoms with Crippen molar-refractivity contribution < 1.29 is 4.79 Å². The van der Waals surface area contributed by atoms with Gasteiger partial charge >= 0.3 is 0 Å². The largest absolute Gasteiger partial charge is 0.346 e. The predicted molar refractivity (Wildman–Crippen MR) is 86.2 cm³/mol. The number of aromatic nitrogens is 4. The van der Waals surface area contributed by atoms with Gasteiger partial charge in [-0.15, -0.1) is 0 Å². The molecule has 0 aliphatic rings. The van der Waals surface area contributed by atoms with Crippen LogP contribution in [0.5, 0.6) is 0 Å². The molecule has 0 bridgehead atoms. The highest BCUT2D eigenvalue weighted by Crippen LogP contribution is 2.22. The number of carbonyl (C=O) groups is 1. The van der Waals surface area contributed by atoms with E-state index in [4.69, 9.17) is 0 Å². The van der Waals surface area contributed by atoms with Gasteiger partial charge < -0.3 is 14.9 Å². The van der Waals surface area contributed by atoms with Crippen LogP contribution in [-0.2, 0) is 11.3 Å². The van der Waals surface area contributed by atoms with Gasteiger partial charge in [0.25, 0.3) is 0 Å². The lowest BCUT2D eigenvalue weighted by Crippen LogP contribution is -2.22. The summed E-state index contributed by atoms with van der Waals surface area (Å²) >= 11 is 0. The number of nitrogens with one attached hydrogen (secondary N) is 2. The van der Waals surface area contributed by atoms with Gasteiger partial charge in [0.2, 0.25) is 5.91 Å². The van der Waals surface area contributed by atoms with E-state index >= 15 is 0 Å². The van der Waals surface area contributed by atoms with Gasteiger partial charge in [-0.05, 0) is 12.5 Å². The first kappa shape index (κ1) is 14.3. The molecule has 0 aliphatic heterocycles. The Bertz CT molecular complexity index is 829. The molecule has 0 spiro atoms. The number of imidazole rings is 1. The quantitative estimate of drug-likeness (QED) is 0.734. The van der Waals surface area contributed by atoms with Gasteiger partial charge in [-0.1, -0.05) is 13.5 Å². The maximum Gasteiger partial charge on any atom is 0.224 e. The number of hydrogen-bond acceptors (Lipinski definition) is 3. The summed E-state index contributed by atoms with van der Waals surface area (Å²) in [5, 5.41) is 3.89. The van der Waals surface area contributed by atoms with E-state index in [9.17, 15) is 4.79 Å². The highest BCUT2D eigenvalue weighted by atomic mass is 16.1. The molecule has 0 fully saturated rings. The average molecular weight is 297 g/mol. The highest BCUT2D eigenvalue weighted by Gasteiger charge is 2.09. The average Bonchev–Trinajstić information content (AvgIpc) is 3.11. The Labute approximate surface area is 128 Å². The molecule has 0 radical (unpaired) electrons. The zero-order chi connectivity index (χ0) is 15.5. The van der Waals surface area contributed by atoms with E-state index in [0.29, 0.717) is 19.4 Å². The lowest BCUT2D eigenvalue weighted by atomic mass is 10.2. The summed E-state index contributed by atoms with van der Waals surface area (Å²) in [5.74, 6) is 0.0280. The van der Waals surface area contributed by atoms with E-state index < -0.39 is 0 Å². The van der Waals surface area contributed by atoms with Crippen molar-refractivity contribution in [2.75, 3.05) is 0 Å². The van der Waals surface area contributed by atoms with Gasteiger partial charge in [0, 0.05) is 36.7 Å². The van der Waals surface area contributed by atoms with Crippen LogP contribution in [-0.4, -0.2) is 25.4 Å². The van der Waals surface area contributed by atoms with Crippen LogP contribution in [0.25, 0.3) is 22.1 Å². The molecule has 0 aliphatic carbocycles. The Balaban J connectivity index is 1.75. The normalized spacial score (nSPS) is 11.1. The topological polar surface area (TPSA) is 75.6 Å². The third-order valence-corrected chi connectivity index (χ3v) is 3.61. The summed E-state index contributed by atoms with van der Waals surface area (Å²) < 4.78 is 2.07. The molecule has 0 saturated heterocycles. The lowest BCUT2D eigenvalue weighted by Gasteiger charge is -2.09. The van der Waals surface area contributed by atoms with Crippen molar-refractivity contribution in [2.45, 2.75) is 32.7 Å². The van der Waals surface area contributed by atoms with E-state index in [1.807, 2.05) is 19.2 Å². The zero-order valence-electron chi connectivity index (χ0n) is 12.6. The van der Waals surface area contributed by atoms with E-state index in [1.54, 1.807) is 12.5 Å². The van der Waals surface area contributed by atoms with Gasteiger partial charge in [0.1, 0.15) is 11.2 Å². The minimum atomic E-state index is 0.0280. The third kappa shape index (κ3) is 2.72. The molecule has 6 heteroatoms. The first-order valence-electron chi connectivity index (χ1n) is 7.43. The second-order valence-electron chi connectivity index (χ2n) is 5.32. The molecule has 0 unspecified atom stereocenters. The molecule has 0 aromatic carbocycles. The van der Waals surface area contributed by atoms with Gasteiger partial charge in [0.15, 0.2) is 0 Å². The van der Waals surface area contributed by atoms with Crippen molar-refractivity contribution in [2.24, 2.45) is 0 Å². The zero-order valence-corrected chi connectivity index (χ0v) is 12.6. The number of rotatable bonds is 6. The van der Waals surface area contributed by atoms with Gasteiger partial charge in [-0.25, -0.2) is 9.97 Å². The summed E-state index contributed by atoms with van der Waals surface area (Å²) in [5.41, 5.74) is 3.51. The van der Waals surface area contributed by atoms with E-state index in [1.165, 1.54) is 0 Å². The minimum Gasteiger partial charge on any atom is -0.346 e. The standard InChI is InChI=1S/C16H19N5O/c1-3-4-14(22)20-11(2)6-8-21-10-19-13-9-18-16-12(15(13)21)5-7-17-16/h5,7,9-10H,2-4,6,8H2,1H3,(H,17,18)(H,20,22). The Morgan fingerprint density at radius 1 is 1.41 bits per heavy atom. The molecule has 0 saturated carbocycles. The van der Waals surface area contributed by atoms with Crippen molar-refractivity contribution in [3.05, 3.63) is 37.1 Å². The fourth-order valence-corrected chi connectivity index (χ4v) is 2.54. The summed E-state index contributed by atoms with van der Waals surface area (Å²) in [4.78, 5) is 23.4. The summed E-state index contributed by atoms with van der Waals surface area (Å²) in [6.45, 7) is 6.62. The Hall–Kier alpha value is -2.63. The first-order chi connectivity index (χ1) is 10.7. The van der Waals surface area contributed by atoms with E-state index in [0.717, 1.165) is 34.2 Å². The maximum atomic E-state index is 11.6. The maximum absolute atomic E-state index is 11.6. The van der Waals surface area contributed by atoms with Crippen LogP contribution in [0.3, 0.4) is 0 Å². The monoisotopic (exact) mass is 297 g/mol. The number of hydrogen-bond donors (Lipinski definition) is 2. The minimum absolute atomic E-state index is 0.0280. The first-order valence-corrected chi connectivity index (χ1v) is 7.43.